The summed E-state index contributed by atoms with van der Waals surface area (Å²) in [5, 5.41) is 6.77. The van der Waals surface area contributed by atoms with Crippen LogP contribution in [0.1, 0.15) is 30.8 Å². The Labute approximate surface area is 152 Å². The number of aromatic amines is 1. The van der Waals surface area contributed by atoms with E-state index in [2.05, 4.69) is 46.2 Å². The van der Waals surface area contributed by atoms with Crippen LogP contribution in [-0.2, 0) is 0 Å². The predicted octanol–water partition coefficient (Wildman–Crippen LogP) is 3.75. The molecule has 0 radical (unpaired) electrons. The predicted molar refractivity (Wildman–Crippen MR) is 104 cm³/mol. The molecule has 0 spiro atoms. The number of aromatic nitrogens is 2. The van der Waals surface area contributed by atoms with Crippen LogP contribution in [0.15, 0.2) is 35.7 Å². The van der Waals surface area contributed by atoms with Crippen molar-refractivity contribution in [1.82, 2.24) is 20.2 Å². The van der Waals surface area contributed by atoms with Gasteiger partial charge in [-0.1, -0.05) is 32.0 Å². The van der Waals surface area contributed by atoms with E-state index in [1.54, 1.807) is 0 Å². The third-order valence-electron chi connectivity index (χ3n) is 4.33. The molecule has 6 heteroatoms. The highest BCUT2D eigenvalue weighted by Crippen LogP contribution is 2.26. The molecule has 5 nitrogen and oxygen atoms in total. The molecule has 2 aromatic heterocycles. The van der Waals surface area contributed by atoms with Crippen LogP contribution in [0, 0.1) is 0 Å². The molecule has 132 valence electrons. The molecule has 3 aromatic rings. The maximum Gasteiger partial charge on any atom is 0.270 e. The van der Waals surface area contributed by atoms with E-state index in [-0.39, 0.29) is 5.91 Å². The van der Waals surface area contributed by atoms with Gasteiger partial charge in [0.15, 0.2) is 0 Å². The van der Waals surface area contributed by atoms with Gasteiger partial charge in [-0.25, -0.2) is 4.98 Å². The zero-order valence-corrected chi connectivity index (χ0v) is 15.5. The standard InChI is InChI=1S/C19H24N4OS/c1-3-23(4-2)11-7-10-20-18(24)17-13-25-19(22-17)16-12-14-8-5-6-9-15(14)21-16/h5-6,8-9,12-13,21H,3-4,7,10-11H2,1-2H3,(H,20,24). The van der Waals surface area contributed by atoms with Crippen molar-refractivity contribution in [2.75, 3.05) is 26.2 Å². The van der Waals surface area contributed by atoms with Crippen molar-refractivity contribution < 1.29 is 4.79 Å². The van der Waals surface area contributed by atoms with Crippen LogP contribution in [0.2, 0.25) is 0 Å². The van der Waals surface area contributed by atoms with Crippen molar-refractivity contribution in [2.24, 2.45) is 0 Å². The molecule has 0 saturated heterocycles. The quantitative estimate of drug-likeness (QED) is 0.604. The van der Waals surface area contributed by atoms with Crippen LogP contribution in [0.5, 0.6) is 0 Å². The van der Waals surface area contributed by atoms with Crippen LogP contribution >= 0.6 is 11.3 Å². The summed E-state index contributed by atoms with van der Waals surface area (Å²) in [7, 11) is 0. The monoisotopic (exact) mass is 356 g/mol. The maximum atomic E-state index is 12.3. The molecule has 0 aliphatic rings. The Morgan fingerprint density at radius 2 is 2.08 bits per heavy atom. The summed E-state index contributed by atoms with van der Waals surface area (Å²) in [4.78, 5) is 22.4. The number of hydrogen-bond donors (Lipinski definition) is 2. The molecular weight excluding hydrogens is 332 g/mol. The lowest BCUT2D eigenvalue weighted by Gasteiger charge is -2.17. The minimum atomic E-state index is -0.0989. The van der Waals surface area contributed by atoms with Crippen molar-refractivity contribution in [2.45, 2.75) is 20.3 Å². The fourth-order valence-electron chi connectivity index (χ4n) is 2.83. The van der Waals surface area contributed by atoms with E-state index in [0.717, 1.165) is 47.7 Å². The number of amides is 1. The van der Waals surface area contributed by atoms with Crippen molar-refractivity contribution in [3.8, 4) is 10.7 Å². The highest BCUT2D eigenvalue weighted by atomic mass is 32.1. The number of nitrogens with zero attached hydrogens (tertiary/aromatic N) is 2. The Balaban J connectivity index is 1.58. The third-order valence-corrected chi connectivity index (χ3v) is 5.20. The van der Waals surface area contributed by atoms with Crippen molar-refractivity contribution in [3.63, 3.8) is 0 Å². The summed E-state index contributed by atoms with van der Waals surface area (Å²) in [6.07, 6.45) is 0.951. The topological polar surface area (TPSA) is 61.0 Å². The van der Waals surface area contributed by atoms with Gasteiger partial charge in [-0.05, 0) is 38.2 Å². The lowest BCUT2D eigenvalue weighted by atomic mass is 10.2. The maximum absolute atomic E-state index is 12.3. The number of para-hydroxylation sites is 1. The first kappa shape index (κ1) is 17.6. The van der Waals surface area contributed by atoms with Gasteiger partial charge in [0, 0.05) is 22.8 Å². The number of hydrogen-bond acceptors (Lipinski definition) is 4. The van der Waals surface area contributed by atoms with Crippen LogP contribution in [0.25, 0.3) is 21.6 Å². The highest BCUT2D eigenvalue weighted by Gasteiger charge is 2.13. The Kier molecular flexibility index (Phi) is 5.83. The lowest BCUT2D eigenvalue weighted by Crippen LogP contribution is -2.30. The fourth-order valence-corrected chi connectivity index (χ4v) is 3.60. The van der Waals surface area contributed by atoms with E-state index < -0.39 is 0 Å². The summed E-state index contributed by atoms with van der Waals surface area (Å²) >= 11 is 1.49. The molecule has 0 saturated carbocycles. The first-order chi connectivity index (χ1) is 12.2. The Morgan fingerprint density at radius 3 is 2.84 bits per heavy atom. The summed E-state index contributed by atoms with van der Waals surface area (Å²) in [5.74, 6) is -0.0989. The molecule has 1 aromatic carbocycles. The number of fused-ring (bicyclic) bond motifs is 1. The van der Waals surface area contributed by atoms with E-state index in [4.69, 9.17) is 0 Å². The first-order valence-corrected chi connectivity index (χ1v) is 9.63. The molecule has 1 amide bonds. The zero-order valence-electron chi connectivity index (χ0n) is 14.7. The van der Waals surface area contributed by atoms with E-state index >= 15 is 0 Å². The molecule has 0 unspecified atom stereocenters. The van der Waals surface area contributed by atoms with Gasteiger partial charge in [0.1, 0.15) is 10.7 Å². The molecule has 2 N–H and O–H groups in total. The van der Waals surface area contributed by atoms with Gasteiger partial charge in [-0.2, -0.15) is 0 Å². The van der Waals surface area contributed by atoms with Gasteiger partial charge in [-0.15, -0.1) is 11.3 Å². The van der Waals surface area contributed by atoms with Crippen molar-refractivity contribution >= 4 is 28.1 Å². The average Bonchev–Trinajstić information content (AvgIpc) is 3.28. The molecule has 0 fully saturated rings. The summed E-state index contributed by atoms with van der Waals surface area (Å²) < 4.78 is 0. The van der Waals surface area contributed by atoms with E-state index in [1.807, 2.05) is 23.6 Å². The van der Waals surface area contributed by atoms with E-state index in [0.29, 0.717) is 12.2 Å². The zero-order chi connectivity index (χ0) is 17.6. The molecule has 0 aliphatic carbocycles. The SMILES string of the molecule is CCN(CC)CCCNC(=O)c1csc(-c2cc3ccccc3[nH]2)n1. The second-order valence-corrected chi connectivity index (χ2v) is 6.80. The van der Waals surface area contributed by atoms with Crippen LogP contribution in [0.4, 0.5) is 0 Å². The van der Waals surface area contributed by atoms with Gasteiger partial charge in [0.05, 0.1) is 5.69 Å². The summed E-state index contributed by atoms with van der Waals surface area (Å²) in [6.45, 7) is 8.08. The van der Waals surface area contributed by atoms with Gasteiger partial charge in [0.25, 0.3) is 5.91 Å². The highest BCUT2D eigenvalue weighted by molar-refractivity contribution is 7.13. The van der Waals surface area contributed by atoms with Crippen LogP contribution in [-0.4, -0.2) is 47.0 Å². The van der Waals surface area contributed by atoms with Crippen LogP contribution in [0.3, 0.4) is 0 Å². The Hall–Kier alpha value is -2.18. The van der Waals surface area contributed by atoms with Crippen molar-refractivity contribution in [3.05, 3.63) is 41.4 Å². The largest absolute Gasteiger partial charge is 0.353 e. The smallest absolute Gasteiger partial charge is 0.270 e. The molecule has 0 atom stereocenters. The van der Waals surface area contributed by atoms with E-state index in [9.17, 15) is 4.79 Å². The Morgan fingerprint density at radius 1 is 1.28 bits per heavy atom. The molecule has 3 rings (SSSR count). The van der Waals surface area contributed by atoms with Gasteiger partial charge in [0.2, 0.25) is 0 Å². The number of rotatable bonds is 8. The Bertz CT molecular complexity index is 802. The first-order valence-electron chi connectivity index (χ1n) is 8.75. The molecule has 25 heavy (non-hydrogen) atoms. The average molecular weight is 356 g/mol. The summed E-state index contributed by atoms with van der Waals surface area (Å²) in [6, 6.07) is 10.2. The van der Waals surface area contributed by atoms with Gasteiger partial charge < -0.3 is 15.2 Å². The third kappa shape index (κ3) is 4.27. The summed E-state index contributed by atoms with van der Waals surface area (Å²) in [5.41, 5.74) is 2.52. The van der Waals surface area contributed by atoms with Gasteiger partial charge >= 0.3 is 0 Å². The minimum Gasteiger partial charge on any atom is -0.353 e. The minimum absolute atomic E-state index is 0.0989. The molecule has 2 heterocycles. The fraction of sp³-hybridized carbons (Fsp3) is 0.368. The molecule has 0 aliphatic heterocycles. The second-order valence-electron chi connectivity index (χ2n) is 5.94. The number of H-pyrrole nitrogens is 1. The second kappa shape index (κ2) is 8.27. The number of carbonyl (C=O) groups is 1. The molecular formula is C19H24N4OS. The molecule has 0 bridgehead atoms. The number of benzene rings is 1. The van der Waals surface area contributed by atoms with Crippen molar-refractivity contribution in [1.29, 1.82) is 0 Å². The van der Waals surface area contributed by atoms with Gasteiger partial charge in [-0.3, -0.25) is 4.79 Å². The lowest BCUT2D eigenvalue weighted by molar-refractivity contribution is 0.0947. The number of nitrogens with one attached hydrogen (secondary N) is 2. The van der Waals surface area contributed by atoms with E-state index in [1.165, 1.54) is 11.3 Å². The number of thiazole rings is 1. The van der Waals surface area contributed by atoms with Crippen LogP contribution < -0.4 is 5.32 Å². The normalized spacial score (nSPS) is 11.3. The number of carbonyl (C=O) groups excluding carboxylic acids is 1.